The number of anilines is 3. The summed E-state index contributed by atoms with van der Waals surface area (Å²) in [4.78, 5) is 8.84. The van der Waals surface area contributed by atoms with E-state index in [2.05, 4.69) is 15.3 Å². The van der Waals surface area contributed by atoms with Gasteiger partial charge in [-0.15, -0.1) is 0 Å². The molecule has 6 heteroatoms. The van der Waals surface area contributed by atoms with Gasteiger partial charge >= 0.3 is 0 Å². The molecule has 0 spiro atoms. The van der Waals surface area contributed by atoms with Gasteiger partial charge in [-0.1, -0.05) is 25.4 Å². The first-order valence-electron chi connectivity index (χ1n) is 6.67. The summed E-state index contributed by atoms with van der Waals surface area (Å²) in [7, 11) is 1.61. The van der Waals surface area contributed by atoms with Crippen LogP contribution in [0.4, 0.5) is 17.3 Å². The molecule has 0 bridgehead atoms. The topological polar surface area (TPSA) is 73.1 Å². The van der Waals surface area contributed by atoms with Crippen molar-refractivity contribution in [1.82, 2.24) is 9.97 Å². The molecule has 1 heterocycles. The second-order valence-corrected chi connectivity index (χ2v) is 5.50. The van der Waals surface area contributed by atoms with Crippen molar-refractivity contribution in [3.8, 4) is 5.75 Å². The Labute approximate surface area is 129 Å². The third kappa shape index (κ3) is 3.36. The number of halogens is 1. The second kappa shape index (κ2) is 6.18. The number of hydrogen-bond acceptors (Lipinski definition) is 5. The van der Waals surface area contributed by atoms with Crippen molar-refractivity contribution in [2.24, 2.45) is 0 Å². The van der Waals surface area contributed by atoms with Gasteiger partial charge in [0.25, 0.3) is 0 Å². The number of methoxy groups -OCH3 is 1. The van der Waals surface area contributed by atoms with Crippen molar-refractivity contribution < 1.29 is 4.74 Å². The van der Waals surface area contributed by atoms with Gasteiger partial charge < -0.3 is 15.8 Å². The summed E-state index contributed by atoms with van der Waals surface area (Å²) in [6.07, 6.45) is 0. The number of ether oxygens (including phenoxy) is 1. The summed E-state index contributed by atoms with van der Waals surface area (Å²) in [5, 5.41) is 3.84. The third-order valence-corrected chi connectivity index (χ3v) is 3.37. The van der Waals surface area contributed by atoms with E-state index in [1.54, 1.807) is 25.3 Å². The highest BCUT2D eigenvalue weighted by atomic mass is 35.5. The Bertz CT molecular complexity index is 658. The Morgan fingerprint density at radius 2 is 2.00 bits per heavy atom. The molecule has 5 nitrogen and oxygen atoms in total. The van der Waals surface area contributed by atoms with Crippen molar-refractivity contribution in [3.63, 3.8) is 0 Å². The average molecular weight is 307 g/mol. The van der Waals surface area contributed by atoms with Crippen LogP contribution in [0, 0.1) is 6.92 Å². The summed E-state index contributed by atoms with van der Waals surface area (Å²) in [5.41, 5.74) is 7.49. The Kier molecular flexibility index (Phi) is 4.53. The summed E-state index contributed by atoms with van der Waals surface area (Å²) in [6, 6.07) is 5.35. The van der Waals surface area contributed by atoms with Crippen LogP contribution in [-0.4, -0.2) is 17.1 Å². The van der Waals surface area contributed by atoms with Gasteiger partial charge in [-0.25, -0.2) is 9.97 Å². The van der Waals surface area contributed by atoms with Crippen LogP contribution in [0.15, 0.2) is 18.2 Å². The minimum absolute atomic E-state index is 0.190. The van der Waals surface area contributed by atoms with Crippen LogP contribution in [-0.2, 0) is 0 Å². The minimum Gasteiger partial charge on any atom is -0.495 e. The first kappa shape index (κ1) is 15.4. The largest absolute Gasteiger partial charge is 0.495 e. The number of benzene rings is 1. The molecule has 0 aliphatic carbocycles. The SMILES string of the molecule is COc1ccc(Cl)cc1Nc1nc(C(C)C)nc(N)c1C. The fourth-order valence-corrected chi connectivity index (χ4v) is 2.01. The molecule has 0 fully saturated rings. The van der Waals surface area contributed by atoms with Gasteiger partial charge in [-0.05, 0) is 25.1 Å². The van der Waals surface area contributed by atoms with Crippen LogP contribution in [0.5, 0.6) is 5.75 Å². The zero-order valence-corrected chi connectivity index (χ0v) is 13.3. The molecular formula is C15H19ClN4O. The van der Waals surface area contributed by atoms with Gasteiger partial charge in [-0.3, -0.25) is 0 Å². The molecule has 0 atom stereocenters. The number of nitrogens with one attached hydrogen (secondary N) is 1. The molecule has 2 rings (SSSR count). The lowest BCUT2D eigenvalue weighted by Gasteiger charge is -2.15. The molecule has 0 unspecified atom stereocenters. The number of nitrogens with zero attached hydrogens (tertiary/aromatic N) is 2. The lowest BCUT2D eigenvalue weighted by atomic mass is 10.2. The number of hydrogen-bond donors (Lipinski definition) is 2. The van der Waals surface area contributed by atoms with Crippen molar-refractivity contribution >= 4 is 28.9 Å². The third-order valence-electron chi connectivity index (χ3n) is 3.13. The van der Waals surface area contributed by atoms with E-state index in [1.165, 1.54) is 0 Å². The van der Waals surface area contributed by atoms with E-state index in [4.69, 9.17) is 22.1 Å². The second-order valence-electron chi connectivity index (χ2n) is 5.06. The molecule has 112 valence electrons. The molecule has 0 amide bonds. The van der Waals surface area contributed by atoms with E-state index < -0.39 is 0 Å². The fourth-order valence-electron chi connectivity index (χ4n) is 1.84. The molecule has 0 radical (unpaired) electrons. The van der Waals surface area contributed by atoms with Crippen molar-refractivity contribution in [2.75, 3.05) is 18.2 Å². The maximum absolute atomic E-state index is 6.04. The lowest BCUT2D eigenvalue weighted by Crippen LogP contribution is -2.08. The van der Waals surface area contributed by atoms with Gasteiger partial charge in [0.05, 0.1) is 12.8 Å². The standard InChI is InChI=1S/C15H19ClN4O/c1-8(2)14-19-13(17)9(3)15(20-14)18-11-7-10(16)5-6-12(11)21-4/h5-8H,1-4H3,(H3,17,18,19,20). The maximum atomic E-state index is 6.04. The molecular weight excluding hydrogens is 288 g/mol. The average Bonchev–Trinajstić information content (AvgIpc) is 2.43. The van der Waals surface area contributed by atoms with Crippen LogP contribution in [0.25, 0.3) is 0 Å². The fraction of sp³-hybridized carbons (Fsp3) is 0.333. The number of nitrogen functional groups attached to an aromatic ring is 1. The zero-order chi connectivity index (χ0) is 15.6. The van der Waals surface area contributed by atoms with Crippen LogP contribution in [0.3, 0.4) is 0 Å². The molecule has 0 aliphatic heterocycles. The molecule has 0 aliphatic rings. The molecule has 21 heavy (non-hydrogen) atoms. The normalized spacial score (nSPS) is 10.8. The Hall–Kier alpha value is -2.01. The highest BCUT2D eigenvalue weighted by Gasteiger charge is 2.13. The number of rotatable bonds is 4. The van der Waals surface area contributed by atoms with E-state index >= 15 is 0 Å². The Balaban J connectivity index is 2.46. The van der Waals surface area contributed by atoms with Crippen LogP contribution in [0.2, 0.25) is 5.02 Å². The van der Waals surface area contributed by atoms with E-state index in [0.29, 0.717) is 28.2 Å². The Morgan fingerprint density at radius 1 is 1.29 bits per heavy atom. The van der Waals surface area contributed by atoms with Crippen molar-refractivity contribution in [2.45, 2.75) is 26.7 Å². The van der Waals surface area contributed by atoms with Crippen molar-refractivity contribution in [3.05, 3.63) is 34.6 Å². The van der Waals surface area contributed by atoms with Gasteiger partial charge in [0.2, 0.25) is 0 Å². The lowest BCUT2D eigenvalue weighted by molar-refractivity contribution is 0.417. The Morgan fingerprint density at radius 3 is 2.62 bits per heavy atom. The van der Waals surface area contributed by atoms with Crippen molar-refractivity contribution in [1.29, 1.82) is 0 Å². The quantitative estimate of drug-likeness (QED) is 0.896. The predicted molar refractivity (Wildman–Crippen MR) is 86.6 cm³/mol. The smallest absolute Gasteiger partial charge is 0.142 e. The molecule has 0 saturated carbocycles. The molecule has 2 aromatic rings. The minimum atomic E-state index is 0.190. The van der Waals surface area contributed by atoms with Crippen LogP contribution in [0.1, 0.15) is 31.2 Å². The molecule has 1 aromatic carbocycles. The van der Waals surface area contributed by atoms with Gasteiger partial charge in [0, 0.05) is 16.5 Å². The summed E-state index contributed by atoms with van der Waals surface area (Å²) < 4.78 is 5.32. The van der Waals surface area contributed by atoms with Gasteiger partial charge in [-0.2, -0.15) is 0 Å². The van der Waals surface area contributed by atoms with Crippen LogP contribution < -0.4 is 15.8 Å². The number of aromatic nitrogens is 2. The highest BCUT2D eigenvalue weighted by Crippen LogP contribution is 2.32. The number of nitrogens with two attached hydrogens (primary N) is 1. The van der Waals surface area contributed by atoms with Gasteiger partial charge in [0.1, 0.15) is 23.2 Å². The van der Waals surface area contributed by atoms with Crippen LogP contribution >= 0.6 is 11.6 Å². The first-order chi connectivity index (χ1) is 9.92. The predicted octanol–water partition coefficient (Wildman–Crippen LogP) is 3.90. The summed E-state index contributed by atoms with van der Waals surface area (Å²) >= 11 is 6.04. The van der Waals surface area contributed by atoms with E-state index in [0.717, 1.165) is 11.3 Å². The molecule has 3 N–H and O–H groups in total. The summed E-state index contributed by atoms with van der Waals surface area (Å²) in [6.45, 7) is 5.92. The van der Waals surface area contributed by atoms with E-state index in [-0.39, 0.29) is 5.92 Å². The first-order valence-corrected chi connectivity index (χ1v) is 7.04. The van der Waals surface area contributed by atoms with E-state index in [1.807, 2.05) is 20.8 Å². The summed E-state index contributed by atoms with van der Waals surface area (Å²) in [5.74, 6) is 2.70. The highest BCUT2D eigenvalue weighted by molar-refractivity contribution is 6.31. The maximum Gasteiger partial charge on any atom is 0.142 e. The van der Waals surface area contributed by atoms with Gasteiger partial charge in [0.15, 0.2) is 0 Å². The van der Waals surface area contributed by atoms with E-state index in [9.17, 15) is 0 Å². The molecule has 1 aromatic heterocycles. The monoisotopic (exact) mass is 306 g/mol. The molecule has 0 saturated heterocycles. The zero-order valence-electron chi connectivity index (χ0n) is 12.6.